The summed E-state index contributed by atoms with van der Waals surface area (Å²) in [5.74, 6) is 0.225. The van der Waals surface area contributed by atoms with Crippen LogP contribution in [0.3, 0.4) is 0 Å². The molecule has 2 aliphatic rings. The summed E-state index contributed by atoms with van der Waals surface area (Å²) in [5, 5.41) is 7.62. The third-order valence-corrected chi connectivity index (χ3v) is 6.78. The number of nitrogens with one attached hydrogen (secondary N) is 1. The Morgan fingerprint density at radius 2 is 1.88 bits per heavy atom. The van der Waals surface area contributed by atoms with E-state index in [2.05, 4.69) is 27.0 Å². The highest BCUT2D eigenvalue weighted by Crippen LogP contribution is 2.56. The van der Waals surface area contributed by atoms with Crippen molar-refractivity contribution in [1.82, 2.24) is 15.1 Å². The predicted octanol–water partition coefficient (Wildman–Crippen LogP) is 2.87. The van der Waals surface area contributed by atoms with E-state index in [9.17, 15) is 9.59 Å². The van der Waals surface area contributed by atoms with Crippen molar-refractivity contribution in [2.45, 2.75) is 58.5 Å². The first-order valence-electron chi connectivity index (χ1n) is 9.88. The fourth-order valence-electron chi connectivity index (χ4n) is 4.27. The largest absolute Gasteiger partial charge is 0.343 e. The Morgan fingerprint density at radius 3 is 2.50 bits per heavy atom. The summed E-state index contributed by atoms with van der Waals surface area (Å²) < 4.78 is 0. The van der Waals surface area contributed by atoms with Crippen LogP contribution in [-0.2, 0) is 16.1 Å². The van der Waals surface area contributed by atoms with Gasteiger partial charge in [-0.25, -0.2) is 0 Å². The molecule has 1 saturated carbocycles. The van der Waals surface area contributed by atoms with Crippen LogP contribution in [0.2, 0.25) is 0 Å². The Bertz CT molecular complexity index is 607. The van der Waals surface area contributed by atoms with E-state index >= 15 is 0 Å². The van der Waals surface area contributed by atoms with Gasteiger partial charge in [0.25, 0.3) is 0 Å². The Kier molecular flexibility index (Phi) is 6.35. The maximum atomic E-state index is 13.0. The number of piperidine rings is 1. The molecule has 6 heteroatoms. The van der Waals surface area contributed by atoms with E-state index in [0.717, 1.165) is 32.4 Å². The number of rotatable bonds is 8. The first-order valence-corrected chi connectivity index (χ1v) is 10.8. The Morgan fingerprint density at radius 1 is 1.19 bits per heavy atom. The molecule has 1 spiro atoms. The molecule has 1 N–H and O–H groups in total. The number of hydrogen-bond acceptors (Lipinski definition) is 4. The summed E-state index contributed by atoms with van der Waals surface area (Å²) in [4.78, 5) is 29.2. The summed E-state index contributed by atoms with van der Waals surface area (Å²) in [5.41, 5.74) is 1.52. The molecule has 1 unspecified atom stereocenters. The summed E-state index contributed by atoms with van der Waals surface area (Å²) in [6.45, 7) is 8.17. The zero-order chi connectivity index (χ0) is 18.6. The third kappa shape index (κ3) is 4.29. The summed E-state index contributed by atoms with van der Waals surface area (Å²) in [6, 6.07) is 2.45. The fraction of sp³-hybridized carbons (Fsp3) is 0.700. The van der Waals surface area contributed by atoms with Crippen molar-refractivity contribution in [2.24, 2.45) is 5.41 Å². The molecule has 1 aliphatic heterocycles. The average molecular weight is 378 g/mol. The standard InChI is InChI=1S/C20H31N3O2S/c1-3-22(4-2)18(24)5-6-19(25)23(14-16-7-12-26-15-16)17-13-20(17)8-10-21-11-9-20/h7,12,15,17,21H,3-6,8-11,13-14H2,1-2H3. The van der Waals surface area contributed by atoms with Gasteiger partial charge in [-0.05, 0) is 74.0 Å². The first kappa shape index (κ1) is 19.4. The van der Waals surface area contributed by atoms with Gasteiger partial charge in [0.1, 0.15) is 0 Å². The number of nitrogens with zero attached hydrogens (tertiary/aromatic N) is 2. The number of carbonyl (C=O) groups is 2. The van der Waals surface area contributed by atoms with Crippen molar-refractivity contribution in [3.63, 3.8) is 0 Å². The number of amides is 2. The van der Waals surface area contributed by atoms with Crippen molar-refractivity contribution in [3.8, 4) is 0 Å². The molecule has 1 aliphatic carbocycles. The molecule has 5 nitrogen and oxygen atoms in total. The second kappa shape index (κ2) is 8.53. The minimum Gasteiger partial charge on any atom is -0.343 e. The highest BCUT2D eigenvalue weighted by molar-refractivity contribution is 7.07. The Labute approximate surface area is 160 Å². The van der Waals surface area contributed by atoms with E-state index in [4.69, 9.17) is 0 Å². The number of hydrogen-bond donors (Lipinski definition) is 1. The van der Waals surface area contributed by atoms with Crippen LogP contribution in [0.1, 0.15) is 51.5 Å². The molecule has 2 fully saturated rings. The van der Waals surface area contributed by atoms with E-state index in [-0.39, 0.29) is 11.8 Å². The average Bonchev–Trinajstić information content (AvgIpc) is 3.08. The summed E-state index contributed by atoms with van der Waals surface area (Å²) >= 11 is 1.67. The fourth-order valence-corrected chi connectivity index (χ4v) is 4.93. The van der Waals surface area contributed by atoms with Crippen LogP contribution >= 0.6 is 11.3 Å². The molecule has 144 valence electrons. The predicted molar refractivity (Wildman–Crippen MR) is 105 cm³/mol. The Balaban J connectivity index is 1.63. The lowest BCUT2D eigenvalue weighted by molar-refractivity contribution is -0.138. The van der Waals surface area contributed by atoms with E-state index in [1.54, 1.807) is 11.3 Å². The highest BCUT2D eigenvalue weighted by Gasteiger charge is 2.57. The van der Waals surface area contributed by atoms with Gasteiger partial charge in [-0.3, -0.25) is 9.59 Å². The van der Waals surface area contributed by atoms with Crippen LogP contribution in [0.4, 0.5) is 0 Å². The SMILES string of the molecule is CCN(CC)C(=O)CCC(=O)N(Cc1ccsc1)C1CC12CCNCC2. The maximum Gasteiger partial charge on any atom is 0.223 e. The zero-order valence-electron chi connectivity index (χ0n) is 16.0. The molecule has 1 saturated heterocycles. The Hall–Kier alpha value is -1.40. The van der Waals surface area contributed by atoms with Crippen molar-refractivity contribution < 1.29 is 9.59 Å². The molecule has 0 radical (unpaired) electrons. The van der Waals surface area contributed by atoms with Gasteiger partial charge < -0.3 is 15.1 Å². The summed E-state index contributed by atoms with van der Waals surface area (Å²) in [7, 11) is 0. The zero-order valence-corrected chi connectivity index (χ0v) is 16.8. The molecule has 2 heterocycles. The van der Waals surface area contributed by atoms with Crippen molar-refractivity contribution in [2.75, 3.05) is 26.2 Å². The van der Waals surface area contributed by atoms with Crippen LogP contribution in [0, 0.1) is 5.41 Å². The molecule has 1 aromatic rings. The normalized spacial score (nSPS) is 20.8. The second-order valence-corrected chi connectivity index (χ2v) is 8.33. The molecular formula is C20H31N3O2S. The topological polar surface area (TPSA) is 52.7 Å². The molecular weight excluding hydrogens is 346 g/mol. The quantitative estimate of drug-likeness (QED) is 0.758. The molecule has 1 atom stereocenters. The number of carbonyl (C=O) groups excluding carboxylic acids is 2. The molecule has 0 aromatic carbocycles. The van der Waals surface area contributed by atoms with Gasteiger partial charge in [0, 0.05) is 38.5 Å². The first-order chi connectivity index (χ1) is 12.6. The monoisotopic (exact) mass is 377 g/mol. The van der Waals surface area contributed by atoms with Gasteiger partial charge in [0.15, 0.2) is 0 Å². The van der Waals surface area contributed by atoms with Crippen molar-refractivity contribution in [3.05, 3.63) is 22.4 Å². The second-order valence-electron chi connectivity index (χ2n) is 7.55. The van der Waals surface area contributed by atoms with E-state index in [1.807, 2.05) is 18.7 Å². The molecule has 3 rings (SSSR count). The summed E-state index contributed by atoms with van der Waals surface area (Å²) in [6.07, 6.45) is 4.08. The minimum absolute atomic E-state index is 0.0891. The van der Waals surface area contributed by atoms with E-state index < -0.39 is 0 Å². The van der Waals surface area contributed by atoms with Gasteiger partial charge in [0.05, 0.1) is 0 Å². The third-order valence-electron chi connectivity index (χ3n) is 6.04. The highest BCUT2D eigenvalue weighted by atomic mass is 32.1. The van der Waals surface area contributed by atoms with E-state index in [0.29, 0.717) is 43.9 Å². The molecule has 2 amide bonds. The maximum absolute atomic E-state index is 13.0. The lowest BCUT2D eigenvalue weighted by atomic mass is 9.93. The van der Waals surface area contributed by atoms with Gasteiger partial charge in [-0.2, -0.15) is 11.3 Å². The molecule has 0 bridgehead atoms. The number of thiophene rings is 1. The van der Waals surface area contributed by atoms with Gasteiger partial charge in [0.2, 0.25) is 11.8 Å². The van der Waals surface area contributed by atoms with Gasteiger partial charge >= 0.3 is 0 Å². The van der Waals surface area contributed by atoms with Crippen molar-refractivity contribution in [1.29, 1.82) is 0 Å². The minimum atomic E-state index is 0.0891. The van der Waals surface area contributed by atoms with Crippen LogP contribution in [0.5, 0.6) is 0 Å². The van der Waals surface area contributed by atoms with Crippen LogP contribution in [0.15, 0.2) is 16.8 Å². The van der Waals surface area contributed by atoms with Crippen LogP contribution in [-0.4, -0.2) is 53.8 Å². The van der Waals surface area contributed by atoms with E-state index in [1.165, 1.54) is 5.56 Å². The smallest absolute Gasteiger partial charge is 0.223 e. The molecule has 26 heavy (non-hydrogen) atoms. The van der Waals surface area contributed by atoms with Crippen molar-refractivity contribution >= 4 is 23.2 Å². The van der Waals surface area contributed by atoms with Gasteiger partial charge in [-0.15, -0.1) is 0 Å². The molecule has 1 aromatic heterocycles. The lowest BCUT2D eigenvalue weighted by Gasteiger charge is -2.30. The van der Waals surface area contributed by atoms with Gasteiger partial charge in [-0.1, -0.05) is 0 Å². The van der Waals surface area contributed by atoms with Crippen LogP contribution < -0.4 is 5.32 Å². The lowest BCUT2D eigenvalue weighted by Crippen LogP contribution is -2.39. The van der Waals surface area contributed by atoms with Crippen LogP contribution in [0.25, 0.3) is 0 Å².